The number of guanidine groups is 1. The van der Waals surface area contributed by atoms with Crippen LogP contribution in [0.4, 0.5) is 5.69 Å². The van der Waals surface area contributed by atoms with E-state index in [2.05, 4.69) is 15.6 Å². The maximum atomic E-state index is 12.6. The Morgan fingerprint density at radius 3 is 2.62 bits per heavy atom. The van der Waals surface area contributed by atoms with E-state index in [-0.39, 0.29) is 12.0 Å². The first-order valence-corrected chi connectivity index (χ1v) is 8.98. The molecule has 1 fully saturated rings. The van der Waals surface area contributed by atoms with Gasteiger partial charge in [-0.1, -0.05) is 29.8 Å². The highest BCUT2D eigenvalue weighted by Crippen LogP contribution is 2.13. The van der Waals surface area contributed by atoms with Crippen molar-refractivity contribution in [2.45, 2.75) is 32.8 Å². The topological polar surface area (TPSA) is 62.7 Å². The fourth-order valence-corrected chi connectivity index (χ4v) is 2.92. The minimum absolute atomic E-state index is 0.125. The van der Waals surface area contributed by atoms with E-state index >= 15 is 0 Å². The number of anilines is 1. The standard InChI is InChI=1S/C21H25N3O2/c1-15-6-3-8-17(12-15)20(25)24-21(22-14-19-10-5-11-26-19)23-18-9-4-7-16(2)13-18/h3-4,6-9,12-13,19H,5,10-11,14H2,1-2H3,(H2,22,23,24,25)/t19-/m0/s1. The number of amides is 1. The Morgan fingerprint density at radius 2 is 1.92 bits per heavy atom. The van der Waals surface area contributed by atoms with E-state index in [1.165, 1.54) is 0 Å². The van der Waals surface area contributed by atoms with Crippen LogP contribution in [0.3, 0.4) is 0 Å². The maximum absolute atomic E-state index is 12.6. The van der Waals surface area contributed by atoms with E-state index in [1.807, 2.05) is 56.3 Å². The fourth-order valence-electron chi connectivity index (χ4n) is 2.92. The summed E-state index contributed by atoms with van der Waals surface area (Å²) in [7, 11) is 0. The number of benzene rings is 2. The van der Waals surface area contributed by atoms with Gasteiger partial charge in [-0.2, -0.15) is 0 Å². The van der Waals surface area contributed by atoms with Crippen molar-refractivity contribution in [1.29, 1.82) is 0 Å². The molecule has 0 radical (unpaired) electrons. The monoisotopic (exact) mass is 351 g/mol. The third-order valence-corrected chi connectivity index (χ3v) is 4.27. The molecule has 2 aromatic rings. The summed E-state index contributed by atoms with van der Waals surface area (Å²) in [6.45, 7) is 5.31. The highest BCUT2D eigenvalue weighted by molar-refractivity contribution is 6.10. The lowest BCUT2D eigenvalue weighted by molar-refractivity contribution is 0.0975. The van der Waals surface area contributed by atoms with Crippen LogP contribution in [0.15, 0.2) is 53.5 Å². The van der Waals surface area contributed by atoms with Crippen molar-refractivity contribution in [2.24, 2.45) is 4.99 Å². The number of ether oxygens (including phenoxy) is 1. The van der Waals surface area contributed by atoms with E-state index in [0.717, 1.165) is 36.3 Å². The summed E-state index contributed by atoms with van der Waals surface area (Å²) in [6, 6.07) is 15.5. The lowest BCUT2D eigenvalue weighted by Gasteiger charge is -2.14. The van der Waals surface area contributed by atoms with Crippen LogP contribution in [0, 0.1) is 13.8 Å². The van der Waals surface area contributed by atoms with Gasteiger partial charge in [0.15, 0.2) is 0 Å². The molecule has 0 saturated carbocycles. The van der Waals surface area contributed by atoms with Crippen molar-refractivity contribution in [3.05, 3.63) is 65.2 Å². The van der Waals surface area contributed by atoms with Gasteiger partial charge in [-0.3, -0.25) is 10.1 Å². The van der Waals surface area contributed by atoms with E-state index in [4.69, 9.17) is 4.74 Å². The number of carbonyl (C=O) groups excluding carboxylic acids is 1. The highest BCUT2D eigenvalue weighted by atomic mass is 16.5. The van der Waals surface area contributed by atoms with Crippen LogP contribution in [0.2, 0.25) is 0 Å². The summed E-state index contributed by atoms with van der Waals surface area (Å²) in [5, 5.41) is 6.12. The number of rotatable bonds is 4. The minimum atomic E-state index is -0.181. The molecule has 5 heteroatoms. The molecule has 0 aliphatic carbocycles. The van der Waals surface area contributed by atoms with E-state index in [9.17, 15) is 4.79 Å². The summed E-state index contributed by atoms with van der Waals surface area (Å²) >= 11 is 0. The molecular weight excluding hydrogens is 326 g/mol. The summed E-state index contributed by atoms with van der Waals surface area (Å²) in [5.41, 5.74) is 3.68. The zero-order valence-corrected chi connectivity index (χ0v) is 15.3. The van der Waals surface area contributed by atoms with Crippen LogP contribution < -0.4 is 10.6 Å². The molecule has 1 aliphatic heterocycles. The van der Waals surface area contributed by atoms with Crippen LogP contribution in [-0.2, 0) is 4.74 Å². The minimum Gasteiger partial charge on any atom is -0.376 e. The number of hydrogen-bond donors (Lipinski definition) is 2. The van der Waals surface area contributed by atoms with E-state index in [1.54, 1.807) is 6.07 Å². The first-order chi connectivity index (χ1) is 12.6. The van der Waals surface area contributed by atoms with Gasteiger partial charge in [0, 0.05) is 17.9 Å². The number of aryl methyl sites for hydroxylation is 2. The fraction of sp³-hybridized carbons (Fsp3) is 0.333. The first-order valence-electron chi connectivity index (χ1n) is 8.98. The van der Waals surface area contributed by atoms with Gasteiger partial charge in [0.2, 0.25) is 5.96 Å². The second-order valence-electron chi connectivity index (χ2n) is 6.64. The third kappa shape index (κ3) is 5.17. The van der Waals surface area contributed by atoms with Gasteiger partial charge in [-0.05, 0) is 56.5 Å². The van der Waals surface area contributed by atoms with Crippen molar-refractivity contribution >= 4 is 17.6 Å². The molecule has 136 valence electrons. The van der Waals surface area contributed by atoms with Crippen LogP contribution >= 0.6 is 0 Å². The van der Waals surface area contributed by atoms with Crippen molar-refractivity contribution in [2.75, 3.05) is 18.5 Å². The van der Waals surface area contributed by atoms with Crippen molar-refractivity contribution in [3.8, 4) is 0 Å². The van der Waals surface area contributed by atoms with Crippen LogP contribution in [-0.4, -0.2) is 31.1 Å². The van der Waals surface area contributed by atoms with Gasteiger partial charge < -0.3 is 10.1 Å². The van der Waals surface area contributed by atoms with E-state index in [0.29, 0.717) is 18.1 Å². The van der Waals surface area contributed by atoms with Gasteiger partial charge in [-0.15, -0.1) is 0 Å². The predicted octanol–water partition coefficient (Wildman–Crippen LogP) is 3.68. The number of hydrogen-bond acceptors (Lipinski definition) is 3. The number of nitrogens with zero attached hydrogens (tertiary/aromatic N) is 1. The predicted molar refractivity (Wildman–Crippen MR) is 105 cm³/mol. The molecule has 1 saturated heterocycles. The molecule has 0 bridgehead atoms. The molecule has 1 atom stereocenters. The molecule has 5 nitrogen and oxygen atoms in total. The highest BCUT2D eigenvalue weighted by Gasteiger charge is 2.16. The molecule has 1 heterocycles. The Kier molecular flexibility index (Phi) is 6.02. The molecule has 2 N–H and O–H groups in total. The van der Waals surface area contributed by atoms with Crippen LogP contribution in [0.25, 0.3) is 0 Å². The largest absolute Gasteiger partial charge is 0.376 e. The third-order valence-electron chi connectivity index (χ3n) is 4.27. The summed E-state index contributed by atoms with van der Waals surface area (Å²) in [4.78, 5) is 17.2. The average Bonchev–Trinajstić information content (AvgIpc) is 3.13. The molecular formula is C21H25N3O2. The van der Waals surface area contributed by atoms with Gasteiger partial charge >= 0.3 is 0 Å². The molecule has 26 heavy (non-hydrogen) atoms. The van der Waals surface area contributed by atoms with Crippen LogP contribution in [0.1, 0.15) is 34.3 Å². The lowest BCUT2D eigenvalue weighted by Crippen LogP contribution is -2.36. The second-order valence-corrected chi connectivity index (χ2v) is 6.64. The van der Waals surface area contributed by atoms with E-state index < -0.39 is 0 Å². The van der Waals surface area contributed by atoms with Gasteiger partial charge in [0.1, 0.15) is 0 Å². The zero-order valence-electron chi connectivity index (χ0n) is 15.3. The Balaban J connectivity index is 1.75. The van der Waals surface area contributed by atoms with Crippen LogP contribution in [0.5, 0.6) is 0 Å². The Labute approximate surface area is 154 Å². The Bertz CT molecular complexity index is 795. The zero-order chi connectivity index (χ0) is 18.4. The quantitative estimate of drug-likeness (QED) is 0.652. The van der Waals surface area contributed by atoms with Crippen molar-refractivity contribution in [1.82, 2.24) is 5.32 Å². The molecule has 0 unspecified atom stereocenters. The van der Waals surface area contributed by atoms with Gasteiger partial charge in [0.05, 0.1) is 12.6 Å². The molecule has 1 amide bonds. The summed E-state index contributed by atoms with van der Waals surface area (Å²) in [6.07, 6.45) is 2.20. The van der Waals surface area contributed by atoms with Gasteiger partial charge in [-0.25, -0.2) is 4.99 Å². The Hall–Kier alpha value is -2.66. The Morgan fingerprint density at radius 1 is 1.15 bits per heavy atom. The summed E-state index contributed by atoms with van der Waals surface area (Å²) < 4.78 is 5.63. The van der Waals surface area contributed by atoms with Gasteiger partial charge in [0.25, 0.3) is 5.91 Å². The average molecular weight is 351 g/mol. The number of nitrogens with one attached hydrogen (secondary N) is 2. The number of carbonyl (C=O) groups is 1. The molecule has 0 spiro atoms. The number of aliphatic imine (C=N–C) groups is 1. The molecule has 3 rings (SSSR count). The van der Waals surface area contributed by atoms with Crippen molar-refractivity contribution < 1.29 is 9.53 Å². The second kappa shape index (κ2) is 8.63. The molecule has 2 aromatic carbocycles. The SMILES string of the molecule is Cc1cccc(NC(=NC[C@@H]2CCCO2)NC(=O)c2cccc(C)c2)c1. The molecule has 0 aromatic heterocycles. The maximum Gasteiger partial charge on any atom is 0.257 e. The lowest BCUT2D eigenvalue weighted by atomic mass is 10.1. The first kappa shape index (κ1) is 18.1. The molecule has 1 aliphatic rings. The van der Waals surface area contributed by atoms with Crippen molar-refractivity contribution in [3.63, 3.8) is 0 Å². The summed E-state index contributed by atoms with van der Waals surface area (Å²) in [5.74, 6) is 0.262. The normalized spacial score (nSPS) is 17.2. The smallest absolute Gasteiger partial charge is 0.257 e.